The number of carbonyl (C=O) groups is 2. The maximum Gasteiger partial charge on any atom is 0.410 e. The van der Waals surface area contributed by atoms with E-state index in [-0.39, 0.29) is 19.2 Å². The molecule has 0 saturated heterocycles. The summed E-state index contributed by atoms with van der Waals surface area (Å²) in [7, 11) is 1.54. The Morgan fingerprint density at radius 3 is 2.60 bits per heavy atom. The minimum atomic E-state index is -0.663. The van der Waals surface area contributed by atoms with Crippen molar-refractivity contribution in [3.63, 3.8) is 0 Å². The van der Waals surface area contributed by atoms with E-state index in [1.807, 2.05) is 30.3 Å². The van der Waals surface area contributed by atoms with Crippen LogP contribution < -0.4 is 9.47 Å². The first kappa shape index (κ1) is 16.8. The van der Waals surface area contributed by atoms with Gasteiger partial charge in [0.05, 0.1) is 6.04 Å². The largest absolute Gasteiger partial charge is 0.454 e. The summed E-state index contributed by atoms with van der Waals surface area (Å²) in [6.45, 7) is 1.97. The molecule has 25 heavy (non-hydrogen) atoms. The first-order valence-electron chi connectivity index (χ1n) is 7.93. The molecule has 2 aromatic rings. The standard InChI is InChI=1S/C19H19NO5/c1-13(18(21)15-8-9-16-17(10-15)25-12-24-16)20(2)19(22)23-11-14-6-4-3-5-7-14/h3-10,13H,11-12H2,1-2H3. The summed E-state index contributed by atoms with van der Waals surface area (Å²) in [5, 5.41) is 0. The fourth-order valence-corrected chi connectivity index (χ4v) is 2.45. The van der Waals surface area contributed by atoms with Crippen LogP contribution in [0, 0.1) is 0 Å². The zero-order valence-electron chi connectivity index (χ0n) is 14.1. The highest BCUT2D eigenvalue weighted by Gasteiger charge is 2.26. The summed E-state index contributed by atoms with van der Waals surface area (Å²) in [4.78, 5) is 26.1. The lowest BCUT2D eigenvalue weighted by Crippen LogP contribution is -2.40. The van der Waals surface area contributed by atoms with Gasteiger partial charge in [-0.25, -0.2) is 4.79 Å². The lowest BCUT2D eigenvalue weighted by molar-refractivity contribution is 0.0741. The second-order valence-electron chi connectivity index (χ2n) is 5.76. The first-order chi connectivity index (χ1) is 12.1. The van der Waals surface area contributed by atoms with Crippen molar-refractivity contribution in [1.82, 2.24) is 4.90 Å². The van der Waals surface area contributed by atoms with Crippen molar-refractivity contribution in [1.29, 1.82) is 0 Å². The number of Topliss-reactive ketones (excluding diaryl/α,β-unsaturated/α-hetero) is 1. The van der Waals surface area contributed by atoms with Crippen molar-refractivity contribution in [2.75, 3.05) is 13.8 Å². The molecule has 0 fully saturated rings. The zero-order valence-corrected chi connectivity index (χ0v) is 14.1. The van der Waals surface area contributed by atoms with Crippen LogP contribution >= 0.6 is 0 Å². The van der Waals surface area contributed by atoms with E-state index in [0.29, 0.717) is 17.1 Å². The van der Waals surface area contributed by atoms with Crippen LogP contribution in [0.4, 0.5) is 4.79 Å². The van der Waals surface area contributed by atoms with E-state index >= 15 is 0 Å². The molecule has 0 aliphatic carbocycles. The predicted octanol–water partition coefficient (Wildman–Crippen LogP) is 3.26. The van der Waals surface area contributed by atoms with Crippen molar-refractivity contribution >= 4 is 11.9 Å². The number of ether oxygens (including phenoxy) is 3. The molecule has 6 nitrogen and oxygen atoms in total. The predicted molar refractivity (Wildman–Crippen MR) is 90.7 cm³/mol. The molecule has 1 amide bonds. The van der Waals surface area contributed by atoms with Crippen molar-refractivity contribution in [3.8, 4) is 11.5 Å². The topological polar surface area (TPSA) is 65.1 Å². The molecule has 0 spiro atoms. The van der Waals surface area contributed by atoms with Crippen LogP contribution in [-0.2, 0) is 11.3 Å². The fraction of sp³-hybridized carbons (Fsp3) is 0.263. The summed E-state index contributed by atoms with van der Waals surface area (Å²) < 4.78 is 15.8. The van der Waals surface area contributed by atoms with Crippen LogP contribution in [0.5, 0.6) is 11.5 Å². The third-order valence-corrected chi connectivity index (χ3v) is 4.11. The molecule has 1 heterocycles. The molecule has 0 N–H and O–H groups in total. The van der Waals surface area contributed by atoms with Gasteiger partial charge in [0, 0.05) is 12.6 Å². The second kappa shape index (κ2) is 7.25. The number of rotatable bonds is 5. The number of hydrogen-bond acceptors (Lipinski definition) is 5. The van der Waals surface area contributed by atoms with Gasteiger partial charge in [0.2, 0.25) is 6.79 Å². The van der Waals surface area contributed by atoms with Crippen LogP contribution in [0.25, 0.3) is 0 Å². The summed E-state index contributed by atoms with van der Waals surface area (Å²) in [5.41, 5.74) is 1.35. The number of benzene rings is 2. The van der Waals surface area contributed by atoms with Gasteiger partial charge < -0.3 is 19.1 Å². The van der Waals surface area contributed by atoms with Gasteiger partial charge in [-0.3, -0.25) is 4.79 Å². The normalized spacial score (nSPS) is 13.2. The highest BCUT2D eigenvalue weighted by atomic mass is 16.7. The Bertz CT molecular complexity index is 775. The molecule has 130 valence electrons. The minimum absolute atomic E-state index is 0.147. The number of ketones is 1. The summed E-state index contributed by atoms with van der Waals surface area (Å²) >= 11 is 0. The molecule has 0 aromatic heterocycles. The monoisotopic (exact) mass is 341 g/mol. The summed E-state index contributed by atoms with van der Waals surface area (Å²) in [6.07, 6.45) is -0.551. The SMILES string of the molecule is CC(C(=O)c1ccc2c(c1)OCO2)N(C)C(=O)OCc1ccccc1. The quantitative estimate of drug-likeness (QED) is 0.781. The third kappa shape index (κ3) is 3.74. The smallest absolute Gasteiger partial charge is 0.410 e. The van der Waals surface area contributed by atoms with Gasteiger partial charge in [0.15, 0.2) is 17.3 Å². The van der Waals surface area contributed by atoms with Gasteiger partial charge in [0.25, 0.3) is 0 Å². The Hall–Kier alpha value is -3.02. The molecule has 1 aliphatic rings. The lowest BCUT2D eigenvalue weighted by atomic mass is 10.0. The Morgan fingerprint density at radius 2 is 1.84 bits per heavy atom. The lowest BCUT2D eigenvalue weighted by Gasteiger charge is -2.23. The summed E-state index contributed by atoms with van der Waals surface area (Å²) in [6, 6.07) is 13.7. The van der Waals surface area contributed by atoms with E-state index in [4.69, 9.17) is 14.2 Å². The highest BCUT2D eigenvalue weighted by molar-refractivity contribution is 6.01. The van der Waals surface area contributed by atoms with Crippen molar-refractivity contribution in [3.05, 3.63) is 59.7 Å². The number of likely N-dealkylation sites (N-methyl/N-ethyl adjacent to an activating group) is 1. The highest BCUT2D eigenvalue weighted by Crippen LogP contribution is 2.33. The average molecular weight is 341 g/mol. The van der Waals surface area contributed by atoms with Gasteiger partial charge >= 0.3 is 6.09 Å². The van der Waals surface area contributed by atoms with Gasteiger partial charge in [-0.1, -0.05) is 30.3 Å². The van der Waals surface area contributed by atoms with Crippen molar-refractivity contribution in [2.45, 2.75) is 19.6 Å². The molecule has 1 atom stereocenters. The molecule has 1 aliphatic heterocycles. The second-order valence-corrected chi connectivity index (χ2v) is 5.76. The number of fused-ring (bicyclic) bond motifs is 1. The van der Waals surface area contributed by atoms with Crippen LogP contribution in [0.15, 0.2) is 48.5 Å². The van der Waals surface area contributed by atoms with E-state index in [1.54, 1.807) is 32.2 Å². The van der Waals surface area contributed by atoms with Gasteiger partial charge in [0.1, 0.15) is 6.61 Å². The molecular formula is C19H19NO5. The van der Waals surface area contributed by atoms with E-state index in [0.717, 1.165) is 5.56 Å². The summed E-state index contributed by atoms with van der Waals surface area (Å²) in [5.74, 6) is 0.949. The van der Waals surface area contributed by atoms with E-state index in [9.17, 15) is 9.59 Å². The molecule has 0 radical (unpaired) electrons. The Morgan fingerprint density at radius 1 is 1.12 bits per heavy atom. The molecule has 3 rings (SSSR count). The number of nitrogens with zero attached hydrogens (tertiary/aromatic N) is 1. The molecular weight excluding hydrogens is 322 g/mol. The van der Waals surface area contributed by atoms with Gasteiger partial charge in [-0.15, -0.1) is 0 Å². The van der Waals surface area contributed by atoms with Crippen molar-refractivity contribution < 1.29 is 23.8 Å². The van der Waals surface area contributed by atoms with Gasteiger partial charge in [-0.05, 0) is 30.7 Å². The van der Waals surface area contributed by atoms with Crippen LogP contribution in [-0.4, -0.2) is 36.7 Å². The molecule has 0 saturated carbocycles. The van der Waals surface area contributed by atoms with E-state index in [2.05, 4.69) is 0 Å². The third-order valence-electron chi connectivity index (χ3n) is 4.11. The molecule has 6 heteroatoms. The zero-order chi connectivity index (χ0) is 17.8. The average Bonchev–Trinajstić information content (AvgIpc) is 3.12. The molecule has 2 aromatic carbocycles. The van der Waals surface area contributed by atoms with Gasteiger partial charge in [-0.2, -0.15) is 0 Å². The maximum absolute atomic E-state index is 12.6. The fourth-order valence-electron chi connectivity index (χ4n) is 2.45. The molecule has 0 bridgehead atoms. The Kier molecular flexibility index (Phi) is 4.88. The Labute approximate surface area is 145 Å². The Balaban J connectivity index is 1.61. The van der Waals surface area contributed by atoms with Crippen LogP contribution in [0.1, 0.15) is 22.8 Å². The minimum Gasteiger partial charge on any atom is -0.454 e. The number of hydrogen-bond donors (Lipinski definition) is 0. The first-order valence-corrected chi connectivity index (χ1v) is 7.93. The van der Waals surface area contributed by atoms with Crippen LogP contribution in [0.3, 0.4) is 0 Å². The van der Waals surface area contributed by atoms with Crippen molar-refractivity contribution in [2.24, 2.45) is 0 Å². The molecule has 1 unspecified atom stereocenters. The van der Waals surface area contributed by atoms with E-state index in [1.165, 1.54) is 4.90 Å². The van der Waals surface area contributed by atoms with Crippen LogP contribution in [0.2, 0.25) is 0 Å². The number of amides is 1. The maximum atomic E-state index is 12.6. The van der Waals surface area contributed by atoms with E-state index < -0.39 is 12.1 Å². The number of carbonyl (C=O) groups excluding carboxylic acids is 2.